The molecule has 3 N–H and O–H groups in total. The van der Waals surface area contributed by atoms with Crippen LogP contribution in [0.3, 0.4) is 0 Å². The molecule has 0 aliphatic carbocycles. The molecule has 0 spiro atoms. The van der Waals surface area contributed by atoms with Crippen molar-refractivity contribution >= 4 is 22.5 Å². The number of hydrogen-bond donors (Lipinski definition) is 3. The molecule has 3 rings (SSSR count). The van der Waals surface area contributed by atoms with Gasteiger partial charge < -0.3 is 15.6 Å². The molecule has 6 heteroatoms. The van der Waals surface area contributed by atoms with Crippen molar-refractivity contribution in [2.45, 2.75) is 6.42 Å². The summed E-state index contributed by atoms with van der Waals surface area (Å²) in [6, 6.07) is 15.2. The first-order chi connectivity index (χ1) is 12.7. The molecule has 0 unspecified atom stereocenters. The van der Waals surface area contributed by atoms with E-state index in [1.807, 2.05) is 36.5 Å². The summed E-state index contributed by atoms with van der Waals surface area (Å²) >= 11 is 0. The molecule has 1 heterocycles. The molecule has 0 atom stereocenters. The number of H-pyrrole nitrogens is 1. The van der Waals surface area contributed by atoms with Gasteiger partial charge in [0.15, 0.2) is 0 Å². The van der Waals surface area contributed by atoms with Gasteiger partial charge in [0.05, 0.1) is 0 Å². The van der Waals surface area contributed by atoms with Crippen LogP contribution in [-0.2, 0) is 11.2 Å². The fourth-order valence-corrected chi connectivity index (χ4v) is 2.60. The summed E-state index contributed by atoms with van der Waals surface area (Å²) < 4.78 is 12.9. The SMILES string of the molecule is N#C/C(=C/NCCc1c[nH]c2ccccc12)C(=O)Nc1ccc(F)cc1. The van der Waals surface area contributed by atoms with E-state index in [1.54, 1.807) is 0 Å². The number of halogens is 1. The number of carbonyl (C=O) groups excluding carboxylic acids is 1. The van der Waals surface area contributed by atoms with Gasteiger partial charge in [0.2, 0.25) is 0 Å². The Hall–Kier alpha value is -3.59. The molecule has 3 aromatic rings. The van der Waals surface area contributed by atoms with E-state index < -0.39 is 11.7 Å². The number of hydrogen-bond acceptors (Lipinski definition) is 3. The quantitative estimate of drug-likeness (QED) is 0.362. The molecule has 0 saturated carbocycles. The first kappa shape index (κ1) is 17.2. The predicted octanol–water partition coefficient (Wildman–Crippen LogP) is 3.49. The van der Waals surface area contributed by atoms with Gasteiger partial charge in [-0.1, -0.05) is 18.2 Å². The molecule has 1 aromatic heterocycles. The highest BCUT2D eigenvalue weighted by molar-refractivity contribution is 6.06. The second-order valence-electron chi connectivity index (χ2n) is 5.69. The van der Waals surface area contributed by atoms with Gasteiger partial charge in [0.25, 0.3) is 5.91 Å². The van der Waals surface area contributed by atoms with Gasteiger partial charge >= 0.3 is 0 Å². The normalized spacial score (nSPS) is 11.2. The highest BCUT2D eigenvalue weighted by atomic mass is 19.1. The summed E-state index contributed by atoms with van der Waals surface area (Å²) in [5, 5.41) is 15.9. The van der Waals surface area contributed by atoms with Gasteiger partial charge in [-0.15, -0.1) is 0 Å². The summed E-state index contributed by atoms with van der Waals surface area (Å²) in [5.74, 6) is -0.934. The standard InChI is InChI=1S/C20H17FN4O/c21-16-5-7-17(8-6-16)25-20(26)15(11-22)12-23-10-9-14-13-24-19-4-2-1-3-18(14)19/h1-8,12-13,23-24H,9-10H2,(H,25,26)/b15-12-. The Balaban J connectivity index is 1.56. The van der Waals surface area contributed by atoms with E-state index in [0.29, 0.717) is 12.2 Å². The third kappa shape index (κ3) is 4.08. The third-order valence-corrected chi connectivity index (χ3v) is 3.93. The van der Waals surface area contributed by atoms with E-state index >= 15 is 0 Å². The number of nitriles is 1. The number of anilines is 1. The van der Waals surface area contributed by atoms with Gasteiger partial charge in [0.1, 0.15) is 17.5 Å². The van der Waals surface area contributed by atoms with Crippen LogP contribution >= 0.6 is 0 Å². The molecule has 26 heavy (non-hydrogen) atoms. The molecule has 0 saturated heterocycles. The number of amides is 1. The number of carbonyl (C=O) groups is 1. The third-order valence-electron chi connectivity index (χ3n) is 3.93. The van der Waals surface area contributed by atoms with Crippen LogP contribution in [0.2, 0.25) is 0 Å². The van der Waals surface area contributed by atoms with E-state index in [9.17, 15) is 9.18 Å². The summed E-state index contributed by atoms with van der Waals surface area (Å²) in [6.07, 6.45) is 4.11. The van der Waals surface area contributed by atoms with Crippen LogP contribution in [0, 0.1) is 17.1 Å². The molecular weight excluding hydrogens is 331 g/mol. The Morgan fingerprint density at radius 2 is 1.96 bits per heavy atom. The lowest BCUT2D eigenvalue weighted by Crippen LogP contribution is -2.18. The van der Waals surface area contributed by atoms with Crippen molar-refractivity contribution in [3.05, 3.63) is 77.9 Å². The van der Waals surface area contributed by atoms with Crippen molar-refractivity contribution < 1.29 is 9.18 Å². The van der Waals surface area contributed by atoms with Crippen molar-refractivity contribution in [1.29, 1.82) is 5.26 Å². The molecule has 0 fully saturated rings. The van der Waals surface area contributed by atoms with Crippen LogP contribution in [0.4, 0.5) is 10.1 Å². The van der Waals surface area contributed by atoms with Crippen molar-refractivity contribution in [3.63, 3.8) is 0 Å². The Labute approximate surface area is 150 Å². The summed E-state index contributed by atoms with van der Waals surface area (Å²) in [5.41, 5.74) is 2.62. The molecule has 130 valence electrons. The van der Waals surface area contributed by atoms with Gasteiger partial charge in [-0.3, -0.25) is 4.79 Å². The Morgan fingerprint density at radius 3 is 2.73 bits per heavy atom. The van der Waals surface area contributed by atoms with Crippen molar-refractivity contribution in [2.75, 3.05) is 11.9 Å². The number of aromatic amines is 1. The molecular formula is C20H17FN4O. The lowest BCUT2D eigenvalue weighted by Gasteiger charge is -2.05. The van der Waals surface area contributed by atoms with Crippen molar-refractivity contribution in [1.82, 2.24) is 10.3 Å². The number of fused-ring (bicyclic) bond motifs is 1. The van der Waals surface area contributed by atoms with E-state index in [1.165, 1.54) is 30.5 Å². The lowest BCUT2D eigenvalue weighted by molar-refractivity contribution is -0.112. The van der Waals surface area contributed by atoms with E-state index in [-0.39, 0.29) is 5.57 Å². The molecule has 1 amide bonds. The van der Waals surface area contributed by atoms with Crippen LogP contribution in [-0.4, -0.2) is 17.4 Å². The minimum atomic E-state index is -0.543. The second kappa shape index (κ2) is 7.99. The first-order valence-corrected chi connectivity index (χ1v) is 8.13. The first-order valence-electron chi connectivity index (χ1n) is 8.13. The van der Waals surface area contributed by atoms with Crippen molar-refractivity contribution in [3.8, 4) is 6.07 Å². The zero-order chi connectivity index (χ0) is 18.4. The topological polar surface area (TPSA) is 80.7 Å². The minimum Gasteiger partial charge on any atom is -0.389 e. The average molecular weight is 348 g/mol. The number of benzene rings is 2. The lowest BCUT2D eigenvalue weighted by atomic mass is 10.1. The second-order valence-corrected chi connectivity index (χ2v) is 5.69. The van der Waals surface area contributed by atoms with Crippen LogP contribution in [0.1, 0.15) is 5.56 Å². The average Bonchev–Trinajstić information content (AvgIpc) is 3.07. The van der Waals surface area contributed by atoms with Gasteiger partial charge in [0, 0.05) is 35.5 Å². The largest absolute Gasteiger partial charge is 0.389 e. The van der Waals surface area contributed by atoms with Gasteiger partial charge in [-0.05, 0) is 42.3 Å². The highest BCUT2D eigenvalue weighted by Gasteiger charge is 2.09. The maximum atomic E-state index is 12.9. The highest BCUT2D eigenvalue weighted by Crippen LogP contribution is 2.17. The van der Waals surface area contributed by atoms with E-state index in [2.05, 4.69) is 15.6 Å². The number of aromatic nitrogens is 1. The number of nitrogens with zero attached hydrogens (tertiary/aromatic N) is 1. The molecule has 0 aliphatic rings. The molecule has 0 bridgehead atoms. The van der Waals surface area contributed by atoms with Crippen LogP contribution < -0.4 is 10.6 Å². The van der Waals surface area contributed by atoms with E-state index in [0.717, 1.165) is 22.9 Å². The number of rotatable bonds is 6. The molecule has 0 radical (unpaired) electrons. The molecule has 5 nitrogen and oxygen atoms in total. The smallest absolute Gasteiger partial charge is 0.267 e. The van der Waals surface area contributed by atoms with E-state index in [4.69, 9.17) is 5.26 Å². The molecule has 0 aliphatic heterocycles. The zero-order valence-corrected chi connectivity index (χ0v) is 13.9. The number of nitrogens with one attached hydrogen (secondary N) is 3. The molecule has 2 aromatic carbocycles. The Kier molecular flexibility index (Phi) is 5.30. The maximum Gasteiger partial charge on any atom is 0.267 e. The minimum absolute atomic E-state index is 0.0479. The fourth-order valence-electron chi connectivity index (χ4n) is 2.60. The summed E-state index contributed by atoms with van der Waals surface area (Å²) in [4.78, 5) is 15.3. The fraction of sp³-hybridized carbons (Fsp3) is 0.100. The predicted molar refractivity (Wildman–Crippen MR) is 98.7 cm³/mol. The number of para-hydroxylation sites is 1. The Morgan fingerprint density at radius 1 is 1.19 bits per heavy atom. The van der Waals surface area contributed by atoms with Crippen LogP contribution in [0.15, 0.2) is 66.5 Å². The Bertz CT molecular complexity index is 983. The van der Waals surface area contributed by atoms with Crippen LogP contribution in [0.25, 0.3) is 10.9 Å². The van der Waals surface area contributed by atoms with Crippen LogP contribution in [0.5, 0.6) is 0 Å². The summed E-state index contributed by atoms with van der Waals surface area (Å²) in [6.45, 7) is 0.580. The zero-order valence-electron chi connectivity index (χ0n) is 13.9. The summed E-state index contributed by atoms with van der Waals surface area (Å²) in [7, 11) is 0. The monoisotopic (exact) mass is 348 g/mol. The van der Waals surface area contributed by atoms with Crippen molar-refractivity contribution in [2.24, 2.45) is 0 Å². The van der Waals surface area contributed by atoms with Gasteiger partial charge in [-0.2, -0.15) is 5.26 Å². The maximum absolute atomic E-state index is 12.9. The van der Waals surface area contributed by atoms with Gasteiger partial charge in [-0.25, -0.2) is 4.39 Å².